The van der Waals surface area contributed by atoms with Crippen LogP contribution in [-0.4, -0.2) is 36.6 Å². The van der Waals surface area contributed by atoms with Crippen molar-refractivity contribution in [1.29, 1.82) is 0 Å². The van der Waals surface area contributed by atoms with Crippen LogP contribution in [0.1, 0.15) is 19.8 Å². The van der Waals surface area contributed by atoms with Crippen LogP contribution in [0.2, 0.25) is 0 Å². The van der Waals surface area contributed by atoms with Gasteiger partial charge in [-0.3, -0.25) is 0 Å². The predicted octanol–water partition coefficient (Wildman–Crippen LogP) is 1.08. The summed E-state index contributed by atoms with van der Waals surface area (Å²) in [6, 6.07) is 1.95. The number of aromatic nitrogens is 2. The van der Waals surface area contributed by atoms with E-state index in [1.807, 2.05) is 18.0 Å². The topological polar surface area (TPSA) is 67.1 Å². The molecule has 0 radical (unpaired) electrons. The van der Waals surface area contributed by atoms with Crippen molar-refractivity contribution in [3.63, 3.8) is 0 Å². The zero-order chi connectivity index (χ0) is 11.8. The molecule has 5 heteroatoms. The largest absolute Gasteiger partial charge is 0.370 e. The molecule has 0 bridgehead atoms. The van der Waals surface area contributed by atoms with E-state index in [0.717, 1.165) is 31.1 Å². The van der Waals surface area contributed by atoms with Gasteiger partial charge in [0, 0.05) is 32.7 Å². The third-order valence-corrected chi connectivity index (χ3v) is 2.34. The van der Waals surface area contributed by atoms with E-state index in [4.69, 9.17) is 5.73 Å². The lowest BCUT2D eigenvalue weighted by Crippen LogP contribution is -2.25. The first-order valence-electron chi connectivity index (χ1n) is 5.75. The lowest BCUT2D eigenvalue weighted by molar-refractivity contribution is 0.828. The van der Waals surface area contributed by atoms with Gasteiger partial charge in [-0.1, -0.05) is 13.3 Å². The van der Waals surface area contributed by atoms with E-state index in [-0.39, 0.29) is 0 Å². The van der Waals surface area contributed by atoms with E-state index in [2.05, 4.69) is 22.2 Å². The van der Waals surface area contributed by atoms with Gasteiger partial charge in [-0.15, -0.1) is 0 Å². The molecule has 90 valence electrons. The normalized spacial score (nSPS) is 10.2. The SMILES string of the molecule is CCCCNc1cc(N(C)CCN)ncn1. The predicted molar refractivity (Wildman–Crippen MR) is 67.8 cm³/mol. The molecular weight excluding hydrogens is 202 g/mol. The Labute approximate surface area is 97.1 Å². The van der Waals surface area contributed by atoms with E-state index in [0.29, 0.717) is 6.54 Å². The minimum atomic E-state index is 0.624. The Balaban J connectivity index is 2.56. The van der Waals surface area contributed by atoms with Gasteiger partial charge in [0.15, 0.2) is 0 Å². The molecule has 1 aromatic heterocycles. The number of unbranched alkanes of at least 4 members (excludes halogenated alkanes) is 1. The first-order chi connectivity index (χ1) is 7.77. The van der Waals surface area contributed by atoms with Gasteiger partial charge in [-0.2, -0.15) is 0 Å². The molecule has 0 saturated carbocycles. The number of likely N-dealkylation sites (N-methyl/N-ethyl adjacent to an activating group) is 1. The van der Waals surface area contributed by atoms with Gasteiger partial charge < -0.3 is 16.0 Å². The van der Waals surface area contributed by atoms with E-state index in [9.17, 15) is 0 Å². The highest BCUT2D eigenvalue weighted by Gasteiger charge is 2.02. The van der Waals surface area contributed by atoms with Crippen molar-refractivity contribution >= 4 is 11.6 Å². The molecule has 0 amide bonds. The van der Waals surface area contributed by atoms with Crippen LogP contribution in [-0.2, 0) is 0 Å². The Hall–Kier alpha value is -1.36. The lowest BCUT2D eigenvalue weighted by Gasteiger charge is -2.17. The second-order valence-corrected chi connectivity index (χ2v) is 3.75. The van der Waals surface area contributed by atoms with E-state index < -0.39 is 0 Å². The minimum Gasteiger partial charge on any atom is -0.370 e. The van der Waals surface area contributed by atoms with Crippen molar-refractivity contribution in [1.82, 2.24) is 9.97 Å². The molecule has 0 spiro atoms. The summed E-state index contributed by atoms with van der Waals surface area (Å²) in [5.41, 5.74) is 5.50. The average molecular weight is 223 g/mol. The number of hydrogen-bond donors (Lipinski definition) is 2. The van der Waals surface area contributed by atoms with Crippen molar-refractivity contribution in [2.24, 2.45) is 5.73 Å². The van der Waals surface area contributed by atoms with Crippen LogP contribution < -0.4 is 16.0 Å². The molecular formula is C11H21N5. The fourth-order valence-corrected chi connectivity index (χ4v) is 1.35. The number of nitrogens with two attached hydrogens (primary N) is 1. The number of nitrogens with one attached hydrogen (secondary N) is 1. The smallest absolute Gasteiger partial charge is 0.133 e. The van der Waals surface area contributed by atoms with Gasteiger partial charge in [0.1, 0.15) is 18.0 Å². The van der Waals surface area contributed by atoms with Crippen molar-refractivity contribution in [3.8, 4) is 0 Å². The van der Waals surface area contributed by atoms with Gasteiger partial charge in [0.25, 0.3) is 0 Å². The summed E-state index contributed by atoms with van der Waals surface area (Å²) >= 11 is 0. The quantitative estimate of drug-likeness (QED) is 0.677. The molecule has 1 heterocycles. The summed E-state index contributed by atoms with van der Waals surface area (Å²) in [5.74, 6) is 1.78. The summed E-state index contributed by atoms with van der Waals surface area (Å²) < 4.78 is 0. The van der Waals surface area contributed by atoms with Gasteiger partial charge >= 0.3 is 0 Å². The van der Waals surface area contributed by atoms with Crippen molar-refractivity contribution in [2.75, 3.05) is 36.9 Å². The lowest BCUT2D eigenvalue weighted by atomic mass is 10.3. The van der Waals surface area contributed by atoms with E-state index in [1.54, 1.807) is 6.33 Å². The number of hydrogen-bond acceptors (Lipinski definition) is 5. The minimum absolute atomic E-state index is 0.624. The first kappa shape index (κ1) is 12.7. The zero-order valence-corrected chi connectivity index (χ0v) is 10.1. The van der Waals surface area contributed by atoms with Gasteiger partial charge in [0.2, 0.25) is 0 Å². The molecule has 0 aliphatic heterocycles. The number of rotatable bonds is 7. The molecule has 3 N–H and O–H groups in total. The van der Waals surface area contributed by atoms with Crippen molar-refractivity contribution in [2.45, 2.75) is 19.8 Å². The Morgan fingerprint density at radius 1 is 1.44 bits per heavy atom. The Kier molecular flexibility index (Phi) is 5.56. The van der Waals surface area contributed by atoms with Crippen molar-refractivity contribution in [3.05, 3.63) is 12.4 Å². The summed E-state index contributed by atoms with van der Waals surface area (Å²) in [5, 5.41) is 3.27. The van der Waals surface area contributed by atoms with E-state index in [1.165, 1.54) is 6.42 Å². The van der Waals surface area contributed by atoms with Crippen LogP contribution in [0.15, 0.2) is 12.4 Å². The third-order valence-electron chi connectivity index (χ3n) is 2.34. The molecule has 0 aromatic carbocycles. The molecule has 16 heavy (non-hydrogen) atoms. The van der Waals surface area contributed by atoms with Crippen molar-refractivity contribution < 1.29 is 0 Å². The fourth-order valence-electron chi connectivity index (χ4n) is 1.35. The maximum absolute atomic E-state index is 5.50. The van der Waals surface area contributed by atoms with Crippen LogP contribution in [0.3, 0.4) is 0 Å². The summed E-state index contributed by atoms with van der Waals surface area (Å²) in [6.07, 6.45) is 3.91. The Morgan fingerprint density at radius 2 is 2.25 bits per heavy atom. The summed E-state index contributed by atoms with van der Waals surface area (Å²) in [4.78, 5) is 10.4. The fraction of sp³-hybridized carbons (Fsp3) is 0.636. The number of anilines is 2. The second kappa shape index (κ2) is 7.00. The maximum atomic E-state index is 5.50. The molecule has 1 aromatic rings. The first-order valence-corrected chi connectivity index (χ1v) is 5.75. The maximum Gasteiger partial charge on any atom is 0.133 e. The molecule has 1 rings (SSSR count). The van der Waals surface area contributed by atoms with Crippen LogP contribution in [0.4, 0.5) is 11.6 Å². The molecule has 0 aliphatic carbocycles. The standard InChI is InChI=1S/C11H21N5/c1-3-4-6-13-10-8-11(15-9-14-10)16(2)7-5-12/h8-9H,3-7,12H2,1-2H3,(H,13,14,15). The average Bonchev–Trinajstić information content (AvgIpc) is 2.30. The highest BCUT2D eigenvalue weighted by atomic mass is 15.2. The molecule has 5 nitrogen and oxygen atoms in total. The van der Waals surface area contributed by atoms with Crippen LogP contribution >= 0.6 is 0 Å². The monoisotopic (exact) mass is 223 g/mol. The molecule has 0 atom stereocenters. The van der Waals surface area contributed by atoms with Gasteiger partial charge in [-0.25, -0.2) is 9.97 Å². The Morgan fingerprint density at radius 3 is 2.94 bits per heavy atom. The van der Waals surface area contributed by atoms with Gasteiger partial charge in [-0.05, 0) is 6.42 Å². The summed E-state index contributed by atoms with van der Waals surface area (Å²) in [6.45, 7) is 4.54. The molecule has 0 fully saturated rings. The zero-order valence-electron chi connectivity index (χ0n) is 10.1. The summed E-state index contributed by atoms with van der Waals surface area (Å²) in [7, 11) is 1.98. The van der Waals surface area contributed by atoms with E-state index >= 15 is 0 Å². The molecule has 0 unspecified atom stereocenters. The van der Waals surface area contributed by atoms with Crippen LogP contribution in [0, 0.1) is 0 Å². The van der Waals surface area contributed by atoms with Gasteiger partial charge in [0.05, 0.1) is 0 Å². The second-order valence-electron chi connectivity index (χ2n) is 3.75. The van der Waals surface area contributed by atoms with Crippen LogP contribution in [0.5, 0.6) is 0 Å². The Bertz CT molecular complexity index is 302. The highest BCUT2D eigenvalue weighted by Crippen LogP contribution is 2.11. The number of nitrogens with zero attached hydrogens (tertiary/aromatic N) is 3. The van der Waals surface area contributed by atoms with Crippen LogP contribution in [0.25, 0.3) is 0 Å². The molecule has 0 aliphatic rings. The highest BCUT2D eigenvalue weighted by molar-refractivity contribution is 5.47. The molecule has 0 saturated heterocycles. The third kappa shape index (κ3) is 4.02.